The molecule has 5 nitrogen and oxygen atoms in total. The van der Waals surface area contributed by atoms with Gasteiger partial charge in [0.15, 0.2) is 5.82 Å². The summed E-state index contributed by atoms with van der Waals surface area (Å²) in [6, 6.07) is 0.734. The van der Waals surface area contributed by atoms with Crippen LogP contribution >= 0.6 is 11.6 Å². The van der Waals surface area contributed by atoms with Crippen molar-refractivity contribution in [1.29, 1.82) is 0 Å². The molecule has 0 spiro atoms. The Bertz CT molecular complexity index is 780. The van der Waals surface area contributed by atoms with Crippen LogP contribution in [-0.2, 0) is 15.8 Å². The molecule has 2 heterocycles. The van der Waals surface area contributed by atoms with Gasteiger partial charge >= 0.3 is 6.18 Å². The van der Waals surface area contributed by atoms with Crippen molar-refractivity contribution >= 4 is 29.2 Å². The van der Waals surface area contributed by atoms with E-state index in [0.29, 0.717) is 6.20 Å². The molecule has 4 atom stereocenters. The third-order valence-electron chi connectivity index (χ3n) is 5.20. The van der Waals surface area contributed by atoms with Gasteiger partial charge in [-0.05, 0) is 24.3 Å². The number of carbonyl (C=O) groups excluding carboxylic acids is 2. The van der Waals surface area contributed by atoms with E-state index in [9.17, 15) is 22.8 Å². The van der Waals surface area contributed by atoms with E-state index >= 15 is 0 Å². The lowest BCUT2D eigenvalue weighted by Crippen LogP contribution is -2.46. The molecular formula is C16H13ClF3N3O2. The Hall–Kier alpha value is -2.09. The SMILES string of the molecule is CN(c1ncc(C(F)(F)F)cc1Cl)N1C(=O)[C@@H]2[C@@H](C1=O)[C@H]1C=C[C@H]2C1. The fourth-order valence-electron chi connectivity index (χ4n) is 4.10. The molecule has 1 aromatic heterocycles. The number of pyridine rings is 1. The van der Waals surface area contributed by atoms with Gasteiger partial charge in [0.2, 0.25) is 0 Å². The Balaban J connectivity index is 1.65. The highest BCUT2D eigenvalue weighted by atomic mass is 35.5. The number of rotatable bonds is 2. The van der Waals surface area contributed by atoms with E-state index in [1.807, 2.05) is 12.2 Å². The second-order valence-corrected chi connectivity index (χ2v) is 6.95. The van der Waals surface area contributed by atoms with E-state index < -0.39 is 23.6 Å². The largest absolute Gasteiger partial charge is 0.417 e. The average Bonchev–Trinajstić information content (AvgIpc) is 3.20. The Morgan fingerprint density at radius 3 is 2.24 bits per heavy atom. The Labute approximate surface area is 146 Å². The Kier molecular flexibility index (Phi) is 3.41. The van der Waals surface area contributed by atoms with Crippen molar-refractivity contribution in [2.45, 2.75) is 12.6 Å². The molecule has 9 heteroatoms. The third-order valence-corrected chi connectivity index (χ3v) is 5.48. The molecule has 1 saturated carbocycles. The number of hydrogen-bond acceptors (Lipinski definition) is 4. The van der Waals surface area contributed by atoms with Crippen molar-refractivity contribution in [3.63, 3.8) is 0 Å². The highest BCUT2D eigenvalue weighted by molar-refractivity contribution is 6.33. The van der Waals surface area contributed by atoms with Gasteiger partial charge in [0, 0.05) is 13.2 Å². The lowest BCUT2D eigenvalue weighted by atomic mass is 9.85. The molecule has 2 fully saturated rings. The second kappa shape index (κ2) is 5.20. The van der Waals surface area contributed by atoms with E-state index in [4.69, 9.17) is 11.6 Å². The van der Waals surface area contributed by atoms with Crippen LogP contribution in [0.15, 0.2) is 24.4 Å². The zero-order chi connectivity index (χ0) is 18.1. The summed E-state index contributed by atoms with van der Waals surface area (Å²) in [5, 5.41) is 1.82. The standard InChI is InChI=1S/C16H13ClF3N3O2/c1-22(13-10(17)5-9(6-21-13)16(18,19)20)23-14(24)11-7-2-3-8(4-7)12(11)15(23)25/h2-3,5-8,11-12H,4H2,1H3/t7-,8-,11-,12-/m0/s1. The van der Waals surface area contributed by atoms with E-state index in [2.05, 4.69) is 4.98 Å². The first-order valence-corrected chi connectivity index (χ1v) is 8.10. The van der Waals surface area contributed by atoms with E-state index in [-0.39, 0.29) is 34.5 Å². The van der Waals surface area contributed by atoms with E-state index in [1.54, 1.807) is 0 Å². The number of halogens is 4. The summed E-state index contributed by atoms with van der Waals surface area (Å²) in [6.45, 7) is 0. The van der Waals surface area contributed by atoms with Crippen LogP contribution in [0.3, 0.4) is 0 Å². The summed E-state index contributed by atoms with van der Waals surface area (Å²) >= 11 is 5.93. The maximum absolute atomic E-state index is 12.7. The van der Waals surface area contributed by atoms with Crippen molar-refractivity contribution in [3.05, 3.63) is 35.0 Å². The van der Waals surface area contributed by atoms with Crippen LogP contribution in [0.1, 0.15) is 12.0 Å². The number of nitrogens with zero attached hydrogens (tertiary/aromatic N) is 3. The predicted octanol–water partition coefficient (Wildman–Crippen LogP) is 2.91. The molecule has 2 bridgehead atoms. The van der Waals surface area contributed by atoms with Gasteiger partial charge in [-0.15, -0.1) is 0 Å². The zero-order valence-corrected chi connectivity index (χ0v) is 13.8. The van der Waals surface area contributed by atoms with Gasteiger partial charge in [0.05, 0.1) is 22.4 Å². The molecule has 4 rings (SSSR count). The molecule has 3 aliphatic rings. The first kappa shape index (κ1) is 16.4. The van der Waals surface area contributed by atoms with Crippen molar-refractivity contribution in [1.82, 2.24) is 9.99 Å². The minimum Gasteiger partial charge on any atom is -0.272 e. The predicted molar refractivity (Wildman–Crippen MR) is 82.2 cm³/mol. The molecule has 2 amide bonds. The van der Waals surface area contributed by atoms with Crippen LogP contribution in [0, 0.1) is 23.7 Å². The van der Waals surface area contributed by atoms with Crippen LogP contribution < -0.4 is 5.01 Å². The molecule has 1 saturated heterocycles. The van der Waals surface area contributed by atoms with Crippen LogP contribution in [0.25, 0.3) is 0 Å². The molecule has 1 aromatic rings. The lowest BCUT2D eigenvalue weighted by molar-refractivity contribution is -0.141. The molecule has 0 unspecified atom stereocenters. The molecule has 1 aliphatic heterocycles. The quantitative estimate of drug-likeness (QED) is 0.592. The number of anilines is 1. The summed E-state index contributed by atoms with van der Waals surface area (Å²) in [5.74, 6) is -1.51. The van der Waals surface area contributed by atoms with E-state index in [0.717, 1.165) is 22.5 Å². The summed E-state index contributed by atoms with van der Waals surface area (Å²) < 4.78 is 38.2. The highest BCUT2D eigenvalue weighted by Crippen LogP contribution is 2.53. The smallest absolute Gasteiger partial charge is 0.272 e. The minimum atomic E-state index is -4.57. The normalized spacial score (nSPS) is 30.4. The fourth-order valence-corrected chi connectivity index (χ4v) is 4.39. The van der Waals surface area contributed by atoms with Crippen molar-refractivity contribution < 1.29 is 22.8 Å². The van der Waals surface area contributed by atoms with Gasteiger partial charge in [-0.1, -0.05) is 23.8 Å². The van der Waals surface area contributed by atoms with E-state index in [1.165, 1.54) is 7.05 Å². The number of alkyl halides is 3. The molecule has 0 radical (unpaired) electrons. The van der Waals surface area contributed by atoms with Crippen LogP contribution in [0.4, 0.5) is 19.0 Å². The molecule has 0 aromatic carbocycles. The fraction of sp³-hybridized carbons (Fsp3) is 0.438. The van der Waals surface area contributed by atoms with Gasteiger partial charge in [-0.25, -0.2) is 4.98 Å². The highest BCUT2D eigenvalue weighted by Gasteiger charge is 2.60. The summed E-state index contributed by atoms with van der Waals surface area (Å²) in [5.41, 5.74) is -0.993. The number of hydrogen-bond donors (Lipinski definition) is 0. The summed E-state index contributed by atoms with van der Waals surface area (Å²) in [7, 11) is 1.40. The zero-order valence-electron chi connectivity index (χ0n) is 13.0. The maximum atomic E-state index is 12.7. The summed E-state index contributed by atoms with van der Waals surface area (Å²) in [6.07, 6.45) is 0.779. The van der Waals surface area contributed by atoms with Crippen molar-refractivity contribution in [2.24, 2.45) is 23.7 Å². The average molecular weight is 372 g/mol. The number of aromatic nitrogens is 1. The number of imide groups is 1. The van der Waals surface area contributed by atoms with Gasteiger partial charge in [0.1, 0.15) is 0 Å². The van der Waals surface area contributed by atoms with Crippen LogP contribution in [0.2, 0.25) is 5.02 Å². The van der Waals surface area contributed by atoms with Gasteiger partial charge < -0.3 is 0 Å². The minimum absolute atomic E-state index is 0.0425. The lowest BCUT2D eigenvalue weighted by Gasteiger charge is -2.29. The monoisotopic (exact) mass is 371 g/mol. The Morgan fingerprint density at radius 1 is 1.20 bits per heavy atom. The van der Waals surface area contributed by atoms with Gasteiger partial charge in [-0.3, -0.25) is 14.6 Å². The molecule has 2 aliphatic carbocycles. The van der Waals surface area contributed by atoms with Crippen LogP contribution in [0.5, 0.6) is 0 Å². The molecule has 25 heavy (non-hydrogen) atoms. The molecular weight excluding hydrogens is 359 g/mol. The first-order valence-electron chi connectivity index (χ1n) is 7.72. The number of fused-ring (bicyclic) bond motifs is 5. The molecule has 132 valence electrons. The van der Waals surface area contributed by atoms with Gasteiger partial charge in [0.25, 0.3) is 11.8 Å². The number of amides is 2. The second-order valence-electron chi connectivity index (χ2n) is 6.54. The third kappa shape index (κ3) is 2.27. The number of carbonyl (C=O) groups is 2. The van der Waals surface area contributed by atoms with Crippen molar-refractivity contribution in [2.75, 3.05) is 12.1 Å². The molecule has 0 N–H and O–H groups in total. The van der Waals surface area contributed by atoms with Crippen LogP contribution in [-0.4, -0.2) is 28.9 Å². The first-order chi connectivity index (χ1) is 11.7. The topological polar surface area (TPSA) is 53.5 Å². The van der Waals surface area contributed by atoms with Crippen molar-refractivity contribution in [3.8, 4) is 0 Å². The van der Waals surface area contributed by atoms with Gasteiger partial charge in [-0.2, -0.15) is 18.2 Å². The maximum Gasteiger partial charge on any atom is 0.417 e. The Morgan fingerprint density at radius 2 is 1.76 bits per heavy atom. The summed E-state index contributed by atoms with van der Waals surface area (Å²) in [4.78, 5) is 29.2. The number of hydrazine groups is 1. The number of allylic oxidation sites excluding steroid dienone is 2.